The van der Waals surface area contributed by atoms with Gasteiger partial charge in [0, 0.05) is 6.61 Å². The smallest absolute Gasteiger partial charge is 0.179 e. The van der Waals surface area contributed by atoms with Gasteiger partial charge in [0.1, 0.15) is 13.2 Å². The van der Waals surface area contributed by atoms with Crippen LogP contribution in [0.25, 0.3) is 0 Å². The molecule has 2 aliphatic rings. The lowest BCUT2D eigenvalue weighted by molar-refractivity contribution is 0.171. The molecule has 0 aliphatic carbocycles. The predicted molar refractivity (Wildman–Crippen MR) is 74.3 cm³/mol. The van der Waals surface area contributed by atoms with Gasteiger partial charge in [-0.1, -0.05) is 11.6 Å². The number of hydrogen-bond acceptors (Lipinski definition) is 5. The van der Waals surface area contributed by atoms with E-state index in [0.717, 1.165) is 0 Å². The summed E-state index contributed by atoms with van der Waals surface area (Å²) < 4.78 is 40.6. The molecule has 0 saturated carbocycles. The highest BCUT2D eigenvalue weighted by molar-refractivity contribution is 7.91. The fourth-order valence-corrected chi connectivity index (χ4v) is 4.31. The molecule has 7 heteroatoms. The molecule has 3 rings (SSSR count). The van der Waals surface area contributed by atoms with Gasteiger partial charge in [-0.05, 0) is 24.1 Å². The molecule has 1 saturated heterocycles. The molecule has 0 radical (unpaired) electrons. The molecule has 0 aromatic heterocycles. The van der Waals surface area contributed by atoms with Crippen molar-refractivity contribution in [2.24, 2.45) is 0 Å². The molecule has 0 amide bonds. The largest absolute Gasteiger partial charge is 0.486 e. The fraction of sp³-hybridized carbons (Fsp3) is 0.538. The zero-order valence-corrected chi connectivity index (χ0v) is 12.4. The van der Waals surface area contributed by atoms with Crippen LogP contribution in [0.5, 0.6) is 11.5 Å². The Bertz CT molecular complexity index is 607. The summed E-state index contributed by atoms with van der Waals surface area (Å²) in [4.78, 5) is 0. The minimum atomic E-state index is -3.24. The Morgan fingerprint density at radius 2 is 2.00 bits per heavy atom. The van der Waals surface area contributed by atoms with Gasteiger partial charge in [0.2, 0.25) is 0 Å². The Balaban J connectivity index is 1.86. The first kappa shape index (κ1) is 14.0. The van der Waals surface area contributed by atoms with Gasteiger partial charge >= 0.3 is 0 Å². The maximum atomic E-state index is 12.3. The average molecular weight is 319 g/mol. The molecule has 1 fully saturated rings. The standard InChI is InChI=1S/C13H15ClO5S/c14-11-5-9(6-12-13(11)19-4-3-18-12)8-20(15,16)10-1-2-17-7-10/h5-6,10H,1-4,7-8H2. The minimum absolute atomic E-state index is 0.0581. The Morgan fingerprint density at radius 1 is 1.20 bits per heavy atom. The van der Waals surface area contributed by atoms with Crippen molar-refractivity contribution in [3.8, 4) is 11.5 Å². The van der Waals surface area contributed by atoms with Gasteiger partial charge in [0.05, 0.1) is 22.6 Å². The lowest BCUT2D eigenvalue weighted by Gasteiger charge is -2.20. The van der Waals surface area contributed by atoms with E-state index in [4.69, 9.17) is 25.8 Å². The predicted octanol–water partition coefficient (Wildman–Crippen LogP) is 1.81. The number of ether oxygens (including phenoxy) is 3. The average Bonchev–Trinajstić information content (AvgIpc) is 2.93. The zero-order valence-electron chi connectivity index (χ0n) is 10.8. The maximum Gasteiger partial charge on any atom is 0.179 e. The number of benzene rings is 1. The van der Waals surface area contributed by atoms with Crippen molar-refractivity contribution in [3.05, 3.63) is 22.7 Å². The molecule has 1 atom stereocenters. The number of sulfone groups is 1. The maximum absolute atomic E-state index is 12.3. The molecule has 1 aromatic carbocycles. The Kier molecular flexibility index (Phi) is 3.79. The van der Waals surface area contributed by atoms with Crippen molar-refractivity contribution >= 4 is 21.4 Å². The second-order valence-corrected chi connectivity index (χ2v) is 7.58. The van der Waals surface area contributed by atoms with Crippen LogP contribution in [-0.2, 0) is 20.3 Å². The summed E-state index contributed by atoms with van der Waals surface area (Å²) in [5.41, 5.74) is 0.617. The second-order valence-electron chi connectivity index (χ2n) is 4.89. The third kappa shape index (κ3) is 2.73. The van der Waals surface area contributed by atoms with Gasteiger partial charge in [0.25, 0.3) is 0 Å². The van der Waals surface area contributed by atoms with E-state index in [1.54, 1.807) is 12.1 Å². The molecular formula is C13H15ClO5S. The molecule has 5 nitrogen and oxygen atoms in total. The van der Waals surface area contributed by atoms with Gasteiger partial charge in [-0.15, -0.1) is 0 Å². The molecule has 0 spiro atoms. The van der Waals surface area contributed by atoms with Crippen LogP contribution in [-0.4, -0.2) is 40.1 Å². The SMILES string of the molecule is O=S(=O)(Cc1cc(Cl)c2c(c1)OCCO2)C1CCOC1. The highest BCUT2D eigenvalue weighted by atomic mass is 35.5. The minimum Gasteiger partial charge on any atom is -0.486 e. The molecule has 1 unspecified atom stereocenters. The van der Waals surface area contributed by atoms with Crippen LogP contribution in [0.4, 0.5) is 0 Å². The van der Waals surface area contributed by atoms with Crippen molar-refractivity contribution in [1.82, 2.24) is 0 Å². The first-order chi connectivity index (χ1) is 9.56. The highest BCUT2D eigenvalue weighted by Crippen LogP contribution is 2.39. The van der Waals surface area contributed by atoms with Crippen LogP contribution in [0.3, 0.4) is 0 Å². The molecular weight excluding hydrogens is 304 g/mol. The lowest BCUT2D eigenvalue weighted by Crippen LogP contribution is -2.23. The second kappa shape index (κ2) is 5.42. The first-order valence-corrected chi connectivity index (χ1v) is 8.53. The fourth-order valence-electron chi connectivity index (χ4n) is 2.39. The first-order valence-electron chi connectivity index (χ1n) is 6.43. The van der Waals surface area contributed by atoms with Crippen LogP contribution in [0.2, 0.25) is 5.02 Å². The number of halogens is 1. The number of fused-ring (bicyclic) bond motifs is 1. The quantitative estimate of drug-likeness (QED) is 0.850. The van der Waals surface area contributed by atoms with Crippen LogP contribution in [0.1, 0.15) is 12.0 Å². The van der Waals surface area contributed by atoms with Crippen molar-refractivity contribution in [1.29, 1.82) is 0 Å². The van der Waals surface area contributed by atoms with Crippen LogP contribution < -0.4 is 9.47 Å². The normalized spacial score (nSPS) is 21.9. The lowest BCUT2D eigenvalue weighted by atomic mass is 10.2. The highest BCUT2D eigenvalue weighted by Gasteiger charge is 2.30. The summed E-state index contributed by atoms with van der Waals surface area (Å²) in [5.74, 6) is 0.942. The third-order valence-corrected chi connectivity index (χ3v) is 5.82. The van der Waals surface area contributed by atoms with E-state index in [-0.39, 0.29) is 12.4 Å². The van der Waals surface area contributed by atoms with E-state index in [1.807, 2.05) is 0 Å². The summed E-state index contributed by atoms with van der Waals surface area (Å²) in [6.45, 7) is 1.67. The summed E-state index contributed by atoms with van der Waals surface area (Å²) in [5, 5.41) is -0.0375. The van der Waals surface area contributed by atoms with E-state index < -0.39 is 15.1 Å². The molecule has 110 valence electrons. The van der Waals surface area contributed by atoms with E-state index in [2.05, 4.69) is 0 Å². The topological polar surface area (TPSA) is 61.8 Å². The Labute approximate surface area is 122 Å². The van der Waals surface area contributed by atoms with E-state index in [0.29, 0.717) is 48.3 Å². The molecule has 0 N–H and O–H groups in total. The summed E-state index contributed by atoms with van der Waals surface area (Å²) in [6, 6.07) is 3.32. The molecule has 20 heavy (non-hydrogen) atoms. The van der Waals surface area contributed by atoms with E-state index >= 15 is 0 Å². The monoisotopic (exact) mass is 318 g/mol. The number of rotatable bonds is 3. The zero-order chi connectivity index (χ0) is 14.2. The van der Waals surface area contributed by atoms with Crippen molar-refractivity contribution < 1.29 is 22.6 Å². The van der Waals surface area contributed by atoms with E-state index in [9.17, 15) is 8.42 Å². The molecule has 2 heterocycles. The molecule has 1 aromatic rings. The molecule has 2 aliphatic heterocycles. The molecule has 0 bridgehead atoms. The van der Waals surface area contributed by atoms with Crippen LogP contribution in [0, 0.1) is 0 Å². The van der Waals surface area contributed by atoms with Gasteiger partial charge < -0.3 is 14.2 Å². The van der Waals surface area contributed by atoms with Gasteiger partial charge in [-0.3, -0.25) is 0 Å². The van der Waals surface area contributed by atoms with Crippen molar-refractivity contribution in [2.45, 2.75) is 17.4 Å². The van der Waals surface area contributed by atoms with Crippen molar-refractivity contribution in [3.63, 3.8) is 0 Å². The third-order valence-electron chi connectivity index (χ3n) is 3.42. The Hall–Kier alpha value is -0.980. The summed E-state index contributed by atoms with van der Waals surface area (Å²) in [6.07, 6.45) is 0.556. The summed E-state index contributed by atoms with van der Waals surface area (Å²) in [7, 11) is -3.24. The van der Waals surface area contributed by atoms with Crippen molar-refractivity contribution in [2.75, 3.05) is 26.4 Å². The van der Waals surface area contributed by atoms with Gasteiger partial charge in [-0.2, -0.15) is 0 Å². The van der Waals surface area contributed by atoms with Crippen LogP contribution >= 0.6 is 11.6 Å². The van der Waals surface area contributed by atoms with Crippen LogP contribution in [0.15, 0.2) is 12.1 Å². The van der Waals surface area contributed by atoms with Gasteiger partial charge in [0.15, 0.2) is 21.3 Å². The summed E-state index contributed by atoms with van der Waals surface area (Å²) >= 11 is 6.11. The van der Waals surface area contributed by atoms with E-state index in [1.165, 1.54) is 0 Å². The Morgan fingerprint density at radius 3 is 2.75 bits per heavy atom. The van der Waals surface area contributed by atoms with Gasteiger partial charge in [-0.25, -0.2) is 8.42 Å². The number of hydrogen-bond donors (Lipinski definition) is 0.